The van der Waals surface area contributed by atoms with Gasteiger partial charge in [0.15, 0.2) is 11.6 Å². The number of fused-ring (bicyclic) bond motifs is 3. The maximum absolute atomic E-state index is 12.4. The lowest BCUT2D eigenvalue weighted by molar-refractivity contribution is -0.147. The summed E-state index contributed by atoms with van der Waals surface area (Å²) in [6.07, 6.45) is 2.25. The van der Waals surface area contributed by atoms with E-state index in [2.05, 4.69) is 6.92 Å². The van der Waals surface area contributed by atoms with Gasteiger partial charge in [0.05, 0.1) is 0 Å². The Morgan fingerprint density at radius 2 is 2.00 bits per heavy atom. The van der Waals surface area contributed by atoms with E-state index in [4.69, 9.17) is 9.47 Å². The summed E-state index contributed by atoms with van der Waals surface area (Å²) >= 11 is 0. The zero-order valence-electron chi connectivity index (χ0n) is 12.8. The Kier molecular flexibility index (Phi) is 2.93. The number of ether oxygens (including phenoxy) is 2. The first kappa shape index (κ1) is 14.4. The van der Waals surface area contributed by atoms with E-state index in [0.29, 0.717) is 6.42 Å². The fourth-order valence-electron chi connectivity index (χ4n) is 4.04. The summed E-state index contributed by atoms with van der Waals surface area (Å²) in [5.74, 6) is -0.644. The van der Waals surface area contributed by atoms with Crippen molar-refractivity contribution >= 4 is 17.5 Å². The van der Waals surface area contributed by atoms with Crippen LogP contribution >= 0.6 is 0 Å². The normalized spacial score (nSPS) is 44.3. The molecule has 0 bridgehead atoms. The number of esters is 1. The first-order valence-electron chi connectivity index (χ1n) is 7.37. The van der Waals surface area contributed by atoms with Crippen molar-refractivity contribution in [1.82, 2.24) is 0 Å². The second-order valence-corrected chi connectivity index (χ2v) is 6.61. The Labute approximate surface area is 123 Å². The molecule has 2 aliphatic carbocycles. The van der Waals surface area contributed by atoms with Gasteiger partial charge in [0, 0.05) is 12.3 Å². The fourth-order valence-corrected chi connectivity index (χ4v) is 4.04. The highest BCUT2D eigenvalue weighted by atomic mass is 16.6. The van der Waals surface area contributed by atoms with Crippen LogP contribution in [-0.4, -0.2) is 35.3 Å². The number of hydrogen-bond acceptors (Lipinski definition) is 5. The van der Waals surface area contributed by atoms with E-state index in [1.165, 1.54) is 19.9 Å². The molecule has 0 spiro atoms. The quantitative estimate of drug-likeness (QED) is 0.439. The molecule has 0 amide bonds. The minimum atomic E-state index is -1.29. The molecule has 0 N–H and O–H groups in total. The van der Waals surface area contributed by atoms with Gasteiger partial charge >= 0.3 is 5.97 Å². The second kappa shape index (κ2) is 4.26. The van der Waals surface area contributed by atoms with Crippen molar-refractivity contribution in [3.8, 4) is 0 Å². The first-order chi connectivity index (χ1) is 9.74. The third-order valence-electron chi connectivity index (χ3n) is 5.50. The largest absolute Gasteiger partial charge is 0.458 e. The Balaban J connectivity index is 2.06. The van der Waals surface area contributed by atoms with Crippen LogP contribution in [0.3, 0.4) is 0 Å². The molecular weight excluding hydrogens is 272 g/mol. The molecule has 0 radical (unpaired) electrons. The first-order valence-corrected chi connectivity index (χ1v) is 7.37. The molecule has 0 aromatic heterocycles. The topological polar surface area (TPSA) is 73.0 Å². The maximum atomic E-state index is 12.4. The monoisotopic (exact) mass is 292 g/mol. The van der Waals surface area contributed by atoms with Crippen LogP contribution in [0.15, 0.2) is 11.6 Å². The molecule has 1 saturated carbocycles. The standard InChI is InChI=1S/C16H20O5/c1-8-5-6-12(20-10(3)18)11-7-13(19)16(9(2)17)14(21-16)15(8,11)4/h7-8,12,14H,5-6H2,1-4H3/t8-,12+,14+,15+,16-/m0/s1. The molecule has 0 unspecified atom stereocenters. The van der Waals surface area contributed by atoms with E-state index in [9.17, 15) is 14.4 Å². The highest BCUT2D eigenvalue weighted by Gasteiger charge is 2.76. The van der Waals surface area contributed by atoms with Crippen molar-refractivity contribution in [2.45, 2.75) is 58.3 Å². The lowest BCUT2D eigenvalue weighted by Crippen LogP contribution is -2.52. The molecule has 21 heavy (non-hydrogen) atoms. The summed E-state index contributed by atoms with van der Waals surface area (Å²) in [5.41, 5.74) is -0.913. The van der Waals surface area contributed by atoms with Gasteiger partial charge in [-0.3, -0.25) is 14.4 Å². The average Bonchev–Trinajstić information content (AvgIpc) is 3.14. The molecule has 3 aliphatic rings. The Morgan fingerprint density at radius 1 is 1.33 bits per heavy atom. The molecule has 5 nitrogen and oxygen atoms in total. The molecular formula is C16H20O5. The third kappa shape index (κ3) is 1.70. The zero-order valence-corrected chi connectivity index (χ0v) is 12.8. The SMILES string of the molecule is CC(=O)O[C@@H]1CC[C@H](C)[C@]2(C)C1=CC(=O)[C@]1(C(C)=O)O[C@@H]12. The summed E-state index contributed by atoms with van der Waals surface area (Å²) in [6.45, 7) is 6.88. The number of hydrogen-bond donors (Lipinski definition) is 0. The molecule has 2 fully saturated rings. The molecule has 0 aromatic carbocycles. The number of epoxide rings is 1. The number of Topliss-reactive ketones (excluding diaryl/α,β-unsaturated/α-hetero) is 1. The third-order valence-corrected chi connectivity index (χ3v) is 5.50. The van der Waals surface area contributed by atoms with Crippen LogP contribution in [0.4, 0.5) is 0 Å². The molecule has 1 heterocycles. The van der Waals surface area contributed by atoms with Crippen LogP contribution in [0.2, 0.25) is 0 Å². The molecule has 114 valence electrons. The van der Waals surface area contributed by atoms with Crippen LogP contribution in [0.25, 0.3) is 0 Å². The number of carbonyl (C=O) groups excluding carboxylic acids is 3. The predicted molar refractivity (Wildman–Crippen MR) is 73.4 cm³/mol. The van der Waals surface area contributed by atoms with Crippen molar-refractivity contribution in [3.63, 3.8) is 0 Å². The van der Waals surface area contributed by atoms with E-state index in [1.807, 2.05) is 6.92 Å². The summed E-state index contributed by atoms with van der Waals surface area (Å²) in [7, 11) is 0. The maximum Gasteiger partial charge on any atom is 0.303 e. The zero-order chi connectivity index (χ0) is 15.6. The minimum absolute atomic E-state index is 0.240. The molecule has 1 saturated heterocycles. The van der Waals surface area contributed by atoms with Crippen LogP contribution in [0, 0.1) is 11.3 Å². The van der Waals surface area contributed by atoms with Gasteiger partial charge < -0.3 is 9.47 Å². The number of carbonyl (C=O) groups is 3. The summed E-state index contributed by atoms with van der Waals surface area (Å²) in [6, 6.07) is 0. The second-order valence-electron chi connectivity index (χ2n) is 6.61. The Morgan fingerprint density at radius 3 is 2.57 bits per heavy atom. The summed E-state index contributed by atoms with van der Waals surface area (Å²) in [5, 5.41) is 0. The Bertz CT molecular complexity index is 577. The highest BCUT2D eigenvalue weighted by Crippen LogP contribution is 2.62. The van der Waals surface area contributed by atoms with Gasteiger partial charge in [-0.05, 0) is 37.3 Å². The molecule has 3 rings (SSSR count). The smallest absolute Gasteiger partial charge is 0.303 e. The van der Waals surface area contributed by atoms with Crippen LogP contribution in [0.1, 0.15) is 40.5 Å². The van der Waals surface area contributed by atoms with Gasteiger partial charge in [0.2, 0.25) is 5.60 Å². The summed E-state index contributed by atoms with van der Waals surface area (Å²) < 4.78 is 11.0. The van der Waals surface area contributed by atoms with Gasteiger partial charge in [-0.25, -0.2) is 0 Å². The van der Waals surface area contributed by atoms with E-state index in [1.54, 1.807) is 0 Å². The van der Waals surface area contributed by atoms with Gasteiger partial charge in [-0.15, -0.1) is 0 Å². The van der Waals surface area contributed by atoms with Gasteiger partial charge in [-0.2, -0.15) is 0 Å². The van der Waals surface area contributed by atoms with Crippen LogP contribution < -0.4 is 0 Å². The van der Waals surface area contributed by atoms with E-state index >= 15 is 0 Å². The van der Waals surface area contributed by atoms with Crippen molar-refractivity contribution in [2.24, 2.45) is 11.3 Å². The lowest BCUT2D eigenvalue weighted by Gasteiger charge is -2.46. The van der Waals surface area contributed by atoms with Crippen molar-refractivity contribution in [2.75, 3.05) is 0 Å². The fraction of sp³-hybridized carbons (Fsp3) is 0.688. The Hall–Kier alpha value is -1.49. The van der Waals surface area contributed by atoms with E-state index < -0.39 is 17.1 Å². The number of ketones is 2. The molecule has 5 atom stereocenters. The van der Waals surface area contributed by atoms with Crippen molar-refractivity contribution < 1.29 is 23.9 Å². The van der Waals surface area contributed by atoms with Crippen LogP contribution in [0.5, 0.6) is 0 Å². The molecule has 0 aromatic rings. The van der Waals surface area contributed by atoms with E-state index in [-0.39, 0.29) is 29.6 Å². The van der Waals surface area contributed by atoms with E-state index in [0.717, 1.165) is 12.0 Å². The summed E-state index contributed by atoms with van der Waals surface area (Å²) in [4.78, 5) is 35.6. The van der Waals surface area contributed by atoms with Gasteiger partial charge in [0.25, 0.3) is 0 Å². The molecule has 1 aliphatic heterocycles. The lowest BCUT2D eigenvalue weighted by atomic mass is 9.57. The van der Waals surface area contributed by atoms with Crippen molar-refractivity contribution in [1.29, 1.82) is 0 Å². The average molecular weight is 292 g/mol. The van der Waals surface area contributed by atoms with Gasteiger partial charge in [-0.1, -0.05) is 13.8 Å². The highest BCUT2D eigenvalue weighted by molar-refractivity contribution is 6.18. The minimum Gasteiger partial charge on any atom is -0.458 e. The van der Waals surface area contributed by atoms with Crippen molar-refractivity contribution in [3.05, 3.63) is 11.6 Å². The van der Waals surface area contributed by atoms with Crippen LogP contribution in [-0.2, 0) is 23.9 Å². The predicted octanol–water partition coefficient (Wildman–Crippen LogP) is 1.59. The molecule has 5 heteroatoms. The van der Waals surface area contributed by atoms with Gasteiger partial charge in [0.1, 0.15) is 12.2 Å². The number of rotatable bonds is 2.